The van der Waals surface area contributed by atoms with Crippen LogP contribution in [0.1, 0.15) is 5.56 Å². The van der Waals surface area contributed by atoms with Gasteiger partial charge in [-0.05, 0) is 17.8 Å². The molecule has 0 aliphatic carbocycles. The highest BCUT2D eigenvalue weighted by Gasteiger charge is 1.81. The highest BCUT2D eigenvalue weighted by atomic mass is 16.3. The maximum atomic E-state index is 7.62. The van der Waals surface area contributed by atoms with Crippen molar-refractivity contribution in [2.45, 2.75) is 0 Å². The molecule has 0 radical (unpaired) electrons. The van der Waals surface area contributed by atoms with Gasteiger partial charge in [-0.2, -0.15) is 0 Å². The molecule has 0 aromatic heterocycles. The van der Waals surface area contributed by atoms with Gasteiger partial charge in [-0.3, -0.25) is 0 Å². The predicted molar refractivity (Wildman–Crippen MR) is 63.3 cm³/mol. The van der Waals surface area contributed by atoms with Crippen molar-refractivity contribution >= 4 is 6.08 Å². The Kier molecular flexibility index (Phi) is 8.43. The monoisotopic (exact) mass is 209 g/mol. The van der Waals surface area contributed by atoms with Crippen LogP contribution in [0.3, 0.4) is 0 Å². The Labute approximate surface area is 91.3 Å². The standard InChI is InChI=1S/C10H13N.C2H6O2/c1-11(2)9-8-10-6-4-3-5-7-10;3-1-2-4/h3-9H,1-2H3;3-4H,1-2H2. The summed E-state index contributed by atoms with van der Waals surface area (Å²) in [6.07, 6.45) is 4.12. The molecule has 0 saturated heterocycles. The van der Waals surface area contributed by atoms with Crippen LogP contribution in [0, 0.1) is 0 Å². The molecule has 3 nitrogen and oxygen atoms in total. The average Bonchev–Trinajstić information content (AvgIpc) is 2.28. The molecule has 1 rings (SSSR count). The fourth-order valence-corrected chi connectivity index (χ4v) is 0.799. The average molecular weight is 209 g/mol. The fraction of sp³-hybridized carbons (Fsp3) is 0.333. The van der Waals surface area contributed by atoms with Crippen LogP contribution >= 0.6 is 0 Å². The van der Waals surface area contributed by atoms with Gasteiger partial charge in [0.05, 0.1) is 13.2 Å². The number of rotatable bonds is 3. The largest absolute Gasteiger partial charge is 0.394 e. The molecule has 0 heterocycles. The summed E-state index contributed by atoms with van der Waals surface area (Å²) >= 11 is 0. The minimum atomic E-state index is -0.125. The van der Waals surface area contributed by atoms with E-state index in [4.69, 9.17) is 10.2 Å². The maximum absolute atomic E-state index is 7.62. The summed E-state index contributed by atoms with van der Waals surface area (Å²) in [6.45, 7) is -0.250. The van der Waals surface area contributed by atoms with E-state index in [2.05, 4.69) is 18.2 Å². The van der Waals surface area contributed by atoms with E-state index in [1.165, 1.54) is 5.56 Å². The first-order chi connectivity index (χ1) is 7.20. The van der Waals surface area contributed by atoms with Crippen molar-refractivity contribution in [2.75, 3.05) is 27.3 Å². The Bertz CT molecular complexity index is 256. The molecule has 0 aliphatic heterocycles. The van der Waals surface area contributed by atoms with E-state index in [9.17, 15) is 0 Å². The van der Waals surface area contributed by atoms with Crippen molar-refractivity contribution in [3.8, 4) is 0 Å². The summed E-state index contributed by atoms with van der Waals surface area (Å²) in [4.78, 5) is 2.02. The molecule has 0 saturated carbocycles. The highest BCUT2D eigenvalue weighted by molar-refractivity contribution is 5.48. The smallest absolute Gasteiger partial charge is 0.0662 e. The van der Waals surface area contributed by atoms with Crippen LogP contribution in [0.15, 0.2) is 36.5 Å². The molecular formula is C12H19NO2. The summed E-state index contributed by atoms with van der Waals surface area (Å²) in [5.41, 5.74) is 1.24. The Balaban J connectivity index is 0.000000423. The van der Waals surface area contributed by atoms with Gasteiger partial charge in [-0.1, -0.05) is 30.3 Å². The first-order valence-electron chi connectivity index (χ1n) is 4.82. The molecule has 0 aliphatic rings. The SMILES string of the molecule is CN(C)C=Cc1ccccc1.OCCO. The lowest BCUT2D eigenvalue weighted by Gasteiger charge is -2.02. The van der Waals surface area contributed by atoms with Gasteiger partial charge < -0.3 is 15.1 Å². The van der Waals surface area contributed by atoms with Gasteiger partial charge in [0.15, 0.2) is 0 Å². The molecule has 0 fully saturated rings. The van der Waals surface area contributed by atoms with Gasteiger partial charge in [-0.15, -0.1) is 0 Å². The van der Waals surface area contributed by atoms with Gasteiger partial charge in [0.25, 0.3) is 0 Å². The van der Waals surface area contributed by atoms with Crippen LogP contribution in [0.2, 0.25) is 0 Å². The van der Waals surface area contributed by atoms with Crippen molar-refractivity contribution in [1.29, 1.82) is 0 Å². The van der Waals surface area contributed by atoms with Crippen molar-refractivity contribution in [3.05, 3.63) is 42.1 Å². The van der Waals surface area contributed by atoms with Crippen LogP contribution in [0.5, 0.6) is 0 Å². The van der Waals surface area contributed by atoms with Gasteiger partial charge in [-0.25, -0.2) is 0 Å². The summed E-state index contributed by atoms with van der Waals surface area (Å²) in [5.74, 6) is 0. The van der Waals surface area contributed by atoms with E-state index < -0.39 is 0 Å². The second kappa shape index (κ2) is 9.24. The zero-order chi connectivity index (χ0) is 11.5. The van der Waals surface area contributed by atoms with Gasteiger partial charge in [0.1, 0.15) is 0 Å². The zero-order valence-corrected chi connectivity index (χ0v) is 9.30. The molecule has 0 bridgehead atoms. The lowest BCUT2D eigenvalue weighted by molar-refractivity contribution is 0.186. The van der Waals surface area contributed by atoms with E-state index in [1.807, 2.05) is 43.4 Å². The Morgan fingerprint density at radius 1 is 1.07 bits per heavy atom. The molecule has 0 amide bonds. The molecule has 15 heavy (non-hydrogen) atoms. The molecule has 1 aromatic rings. The number of nitrogens with zero attached hydrogens (tertiary/aromatic N) is 1. The number of aliphatic hydroxyl groups is 2. The van der Waals surface area contributed by atoms with Gasteiger partial charge in [0, 0.05) is 14.1 Å². The van der Waals surface area contributed by atoms with Crippen LogP contribution in [-0.2, 0) is 0 Å². The first-order valence-corrected chi connectivity index (χ1v) is 4.82. The van der Waals surface area contributed by atoms with Crippen LogP contribution in [0.25, 0.3) is 6.08 Å². The van der Waals surface area contributed by atoms with E-state index in [-0.39, 0.29) is 13.2 Å². The van der Waals surface area contributed by atoms with Crippen molar-refractivity contribution in [2.24, 2.45) is 0 Å². The fourth-order valence-electron chi connectivity index (χ4n) is 0.799. The minimum absolute atomic E-state index is 0.125. The molecule has 0 spiro atoms. The molecular weight excluding hydrogens is 190 g/mol. The first kappa shape index (κ1) is 13.7. The molecule has 3 heteroatoms. The number of hydrogen-bond acceptors (Lipinski definition) is 3. The quantitative estimate of drug-likeness (QED) is 0.786. The molecule has 0 atom stereocenters. The molecule has 1 aromatic carbocycles. The second-order valence-electron chi connectivity index (χ2n) is 3.14. The van der Waals surface area contributed by atoms with E-state index in [0.29, 0.717) is 0 Å². The number of benzene rings is 1. The Hall–Kier alpha value is -1.32. The van der Waals surface area contributed by atoms with E-state index in [1.54, 1.807) is 0 Å². The summed E-state index contributed by atoms with van der Waals surface area (Å²) in [5, 5.41) is 15.2. The predicted octanol–water partition coefficient (Wildman–Crippen LogP) is 1.19. The normalized spacial score (nSPS) is 9.60. The van der Waals surface area contributed by atoms with E-state index in [0.717, 1.165) is 0 Å². The van der Waals surface area contributed by atoms with Crippen molar-refractivity contribution in [3.63, 3.8) is 0 Å². The third-order valence-electron chi connectivity index (χ3n) is 1.46. The zero-order valence-electron chi connectivity index (χ0n) is 9.30. The number of aliphatic hydroxyl groups excluding tert-OH is 2. The summed E-state index contributed by atoms with van der Waals surface area (Å²) < 4.78 is 0. The maximum Gasteiger partial charge on any atom is 0.0662 e. The van der Waals surface area contributed by atoms with Gasteiger partial charge >= 0.3 is 0 Å². The molecule has 84 valence electrons. The second-order valence-corrected chi connectivity index (χ2v) is 3.14. The summed E-state index contributed by atoms with van der Waals surface area (Å²) in [6, 6.07) is 10.3. The lowest BCUT2D eigenvalue weighted by atomic mass is 10.2. The van der Waals surface area contributed by atoms with Crippen molar-refractivity contribution in [1.82, 2.24) is 4.90 Å². The summed E-state index contributed by atoms with van der Waals surface area (Å²) in [7, 11) is 4.03. The molecule has 2 N–H and O–H groups in total. The third kappa shape index (κ3) is 9.00. The number of hydrogen-bond donors (Lipinski definition) is 2. The molecule has 0 unspecified atom stereocenters. The minimum Gasteiger partial charge on any atom is -0.394 e. The van der Waals surface area contributed by atoms with E-state index >= 15 is 0 Å². The highest BCUT2D eigenvalue weighted by Crippen LogP contribution is 2.00. The topological polar surface area (TPSA) is 43.7 Å². The Morgan fingerprint density at radius 2 is 1.60 bits per heavy atom. The van der Waals surface area contributed by atoms with Crippen LogP contribution < -0.4 is 0 Å². The van der Waals surface area contributed by atoms with Gasteiger partial charge in [0.2, 0.25) is 0 Å². The van der Waals surface area contributed by atoms with Crippen molar-refractivity contribution < 1.29 is 10.2 Å². The third-order valence-corrected chi connectivity index (χ3v) is 1.46. The van der Waals surface area contributed by atoms with Crippen LogP contribution in [-0.4, -0.2) is 42.4 Å². The van der Waals surface area contributed by atoms with Crippen LogP contribution in [0.4, 0.5) is 0 Å². The Morgan fingerprint density at radius 3 is 2.00 bits per heavy atom. The lowest BCUT2D eigenvalue weighted by Crippen LogP contribution is -1.99.